The number of aliphatic hydroxyl groups is 6. The Balaban J connectivity index is 1.42. The molecule has 0 aromatic carbocycles. The van der Waals surface area contributed by atoms with E-state index in [0.717, 1.165) is 38.5 Å². The number of aliphatic hydroxyl groups excluding tert-OH is 6. The average molecular weight is 485 g/mol. The molecule has 3 aliphatic carbocycles. The minimum atomic E-state index is -1.50. The van der Waals surface area contributed by atoms with Crippen LogP contribution in [-0.4, -0.2) is 86.8 Å². The molecule has 8 heteroatoms. The quantitative estimate of drug-likeness (QED) is 0.319. The van der Waals surface area contributed by atoms with Gasteiger partial charge in [0.2, 0.25) is 0 Å². The molecule has 1 aliphatic heterocycles. The predicted octanol–water partition coefficient (Wildman–Crippen LogP) is 1.10. The van der Waals surface area contributed by atoms with Gasteiger partial charge in [-0.25, -0.2) is 0 Å². The maximum absolute atomic E-state index is 11.1. The summed E-state index contributed by atoms with van der Waals surface area (Å²) >= 11 is 0. The van der Waals surface area contributed by atoms with Crippen LogP contribution in [0.4, 0.5) is 0 Å². The van der Waals surface area contributed by atoms with Gasteiger partial charge in [-0.15, -0.1) is 0 Å². The summed E-state index contributed by atoms with van der Waals surface area (Å²) in [6.45, 7) is 8.25. The number of hydrogen-bond donors (Lipinski definition) is 6. The molecular formula is C26H44O8. The number of rotatable bonds is 5. The predicted molar refractivity (Wildman–Crippen MR) is 124 cm³/mol. The molecule has 0 spiro atoms. The van der Waals surface area contributed by atoms with Crippen molar-refractivity contribution in [3.8, 4) is 0 Å². The van der Waals surface area contributed by atoms with Crippen molar-refractivity contribution < 1.29 is 40.1 Å². The average Bonchev–Trinajstić information content (AvgIpc) is 2.79. The van der Waals surface area contributed by atoms with Crippen molar-refractivity contribution in [1.82, 2.24) is 0 Å². The first-order valence-electron chi connectivity index (χ1n) is 12.8. The monoisotopic (exact) mass is 484 g/mol. The van der Waals surface area contributed by atoms with Crippen molar-refractivity contribution >= 4 is 0 Å². The SMILES string of the molecule is CC1(C(O)COC2OC(CO)C(O)C(O)C2O)CCC2C(=CCC3C(C)(C)C(O)CCC23C)C1. The van der Waals surface area contributed by atoms with Crippen LogP contribution in [0.5, 0.6) is 0 Å². The highest BCUT2D eigenvalue weighted by Crippen LogP contribution is 2.63. The molecule has 11 atom stereocenters. The first-order valence-corrected chi connectivity index (χ1v) is 12.8. The Morgan fingerprint density at radius 3 is 2.41 bits per heavy atom. The number of ether oxygens (including phenoxy) is 2. The summed E-state index contributed by atoms with van der Waals surface area (Å²) in [6.07, 6.45) is -0.0602. The zero-order valence-electron chi connectivity index (χ0n) is 20.9. The molecule has 0 aromatic rings. The van der Waals surface area contributed by atoms with Crippen LogP contribution in [0.15, 0.2) is 11.6 Å². The smallest absolute Gasteiger partial charge is 0.186 e. The van der Waals surface area contributed by atoms with Crippen LogP contribution < -0.4 is 0 Å². The standard InChI is InChI=1S/C26H44O8/c1-24(2)17-6-5-14-11-25(3,9-7-15(14)26(17,4)10-8-18(24)28)19(29)13-33-23-22(32)21(31)20(30)16(12-27)34-23/h5,15-23,27-32H,6-13H2,1-4H3. The molecule has 0 aromatic heterocycles. The van der Waals surface area contributed by atoms with Gasteiger partial charge in [0.1, 0.15) is 24.4 Å². The normalized spacial score (nSPS) is 49.5. The Kier molecular flexibility index (Phi) is 7.30. The second kappa shape index (κ2) is 9.38. The minimum absolute atomic E-state index is 0.0871. The van der Waals surface area contributed by atoms with E-state index in [1.165, 1.54) is 5.57 Å². The van der Waals surface area contributed by atoms with Gasteiger partial charge in [-0.2, -0.15) is 0 Å². The third-order valence-electron chi connectivity index (χ3n) is 10.1. The van der Waals surface area contributed by atoms with Crippen molar-refractivity contribution in [2.45, 2.75) is 109 Å². The fourth-order valence-corrected chi connectivity index (χ4v) is 7.52. The lowest BCUT2D eigenvalue weighted by atomic mass is 9.45. The second-order valence-corrected chi connectivity index (χ2v) is 12.4. The van der Waals surface area contributed by atoms with Gasteiger partial charge in [-0.05, 0) is 66.6 Å². The van der Waals surface area contributed by atoms with Crippen molar-refractivity contribution in [3.05, 3.63) is 11.6 Å². The molecule has 3 fully saturated rings. The molecule has 0 amide bonds. The molecule has 1 saturated heterocycles. The van der Waals surface area contributed by atoms with Gasteiger partial charge in [0.25, 0.3) is 0 Å². The Morgan fingerprint density at radius 2 is 1.74 bits per heavy atom. The Morgan fingerprint density at radius 1 is 1.03 bits per heavy atom. The van der Waals surface area contributed by atoms with Crippen LogP contribution >= 0.6 is 0 Å². The van der Waals surface area contributed by atoms with Crippen LogP contribution in [-0.2, 0) is 9.47 Å². The molecule has 0 radical (unpaired) electrons. The molecule has 6 N–H and O–H groups in total. The van der Waals surface area contributed by atoms with Gasteiger partial charge in [-0.1, -0.05) is 39.3 Å². The van der Waals surface area contributed by atoms with Crippen LogP contribution in [0.25, 0.3) is 0 Å². The van der Waals surface area contributed by atoms with Crippen LogP contribution in [0.1, 0.15) is 66.2 Å². The van der Waals surface area contributed by atoms with Gasteiger partial charge in [0.15, 0.2) is 6.29 Å². The molecule has 4 aliphatic rings. The van der Waals surface area contributed by atoms with E-state index in [-0.39, 0.29) is 23.5 Å². The lowest BCUT2D eigenvalue weighted by molar-refractivity contribution is -0.306. The fourth-order valence-electron chi connectivity index (χ4n) is 7.52. The highest BCUT2D eigenvalue weighted by Gasteiger charge is 2.57. The highest BCUT2D eigenvalue weighted by molar-refractivity contribution is 5.24. The third kappa shape index (κ3) is 4.28. The number of allylic oxidation sites excluding steroid dienone is 2. The largest absolute Gasteiger partial charge is 0.394 e. The molecular weight excluding hydrogens is 440 g/mol. The maximum atomic E-state index is 11.1. The van der Waals surface area contributed by atoms with Gasteiger partial charge < -0.3 is 40.1 Å². The van der Waals surface area contributed by atoms with Crippen molar-refractivity contribution in [1.29, 1.82) is 0 Å². The van der Waals surface area contributed by atoms with Crippen molar-refractivity contribution in [3.63, 3.8) is 0 Å². The van der Waals surface area contributed by atoms with Crippen LogP contribution in [0, 0.1) is 28.1 Å². The van der Waals surface area contributed by atoms with Crippen LogP contribution in [0.2, 0.25) is 0 Å². The molecule has 196 valence electrons. The van der Waals surface area contributed by atoms with E-state index in [1.54, 1.807) is 0 Å². The Bertz CT molecular complexity index is 768. The van der Waals surface area contributed by atoms with E-state index in [9.17, 15) is 30.6 Å². The van der Waals surface area contributed by atoms with Crippen molar-refractivity contribution in [2.75, 3.05) is 13.2 Å². The summed E-state index contributed by atoms with van der Waals surface area (Å²) in [5.74, 6) is 0.881. The van der Waals surface area contributed by atoms with Gasteiger partial charge in [0, 0.05) is 0 Å². The van der Waals surface area contributed by atoms with Crippen molar-refractivity contribution in [2.24, 2.45) is 28.1 Å². The van der Waals surface area contributed by atoms with Gasteiger partial charge >= 0.3 is 0 Å². The topological polar surface area (TPSA) is 140 Å². The van der Waals surface area contributed by atoms with E-state index < -0.39 is 48.8 Å². The minimum Gasteiger partial charge on any atom is -0.394 e. The Labute approximate surface area is 202 Å². The van der Waals surface area contributed by atoms with Gasteiger partial charge in [-0.3, -0.25) is 0 Å². The lowest BCUT2D eigenvalue weighted by Crippen LogP contribution is -2.59. The molecule has 0 bridgehead atoms. The number of hydrogen-bond acceptors (Lipinski definition) is 8. The fraction of sp³-hybridized carbons (Fsp3) is 0.923. The van der Waals surface area contributed by atoms with Gasteiger partial charge in [0.05, 0.1) is 25.4 Å². The summed E-state index contributed by atoms with van der Waals surface area (Å²) in [5.41, 5.74) is 1.02. The van der Waals surface area contributed by atoms with Crippen LogP contribution in [0.3, 0.4) is 0 Å². The van der Waals surface area contributed by atoms with E-state index in [2.05, 4.69) is 33.8 Å². The Hall–Kier alpha value is -0.580. The second-order valence-electron chi connectivity index (χ2n) is 12.4. The molecule has 2 saturated carbocycles. The summed E-state index contributed by atoms with van der Waals surface area (Å²) in [6, 6.07) is 0. The summed E-state index contributed by atoms with van der Waals surface area (Å²) in [7, 11) is 0. The first kappa shape index (κ1) is 26.5. The zero-order valence-corrected chi connectivity index (χ0v) is 20.9. The van der Waals surface area contributed by atoms with E-state index in [0.29, 0.717) is 11.8 Å². The lowest BCUT2D eigenvalue weighted by Gasteiger charge is -2.60. The summed E-state index contributed by atoms with van der Waals surface area (Å²) in [4.78, 5) is 0. The zero-order chi connectivity index (χ0) is 25.1. The molecule has 8 nitrogen and oxygen atoms in total. The maximum Gasteiger partial charge on any atom is 0.186 e. The third-order valence-corrected chi connectivity index (χ3v) is 10.1. The summed E-state index contributed by atoms with van der Waals surface area (Å²) in [5, 5.41) is 61.3. The molecule has 4 rings (SSSR count). The molecule has 1 heterocycles. The molecule has 11 unspecified atom stereocenters. The van der Waals surface area contributed by atoms with E-state index >= 15 is 0 Å². The summed E-state index contributed by atoms with van der Waals surface area (Å²) < 4.78 is 11.1. The first-order chi connectivity index (χ1) is 15.8. The van der Waals surface area contributed by atoms with E-state index in [1.807, 2.05) is 0 Å². The molecule has 34 heavy (non-hydrogen) atoms. The highest BCUT2D eigenvalue weighted by atomic mass is 16.7. The van der Waals surface area contributed by atoms with E-state index in [4.69, 9.17) is 9.47 Å². The number of fused-ring (bicyclic) bond motifs is 3.